The molecule has 0 aliphatic carbocycles. The summed E-state index contributed by atoms with van der Waals surface area (Å²) in [4.78, 5) is 0. The molecule has 0 aliphatic heterocycles. The average Bonchev–Trinajstić information content (AvgIpc) is 2.84. The number of hydrogen-bond donors (Lipinski definition) is 3. The van der Waals surface area contributed by atoms with Crippen LogP contribution in [0.25, 0.3) is 0 Å². The van der Waals surface area contributed by atoms with Gasteiger partial charge in [0, 0.05) is 17.8 Å². The number of aromatic amines is 1. The minimum atomic E-state index is -3.79. The van der Waals surface area contributed by atoms with Crippen LogP contribution in [-0.4, -0.2) is 28.8 Å². The van der Waals surface area contributed by atoms with Crippen LogP contribution in [-0.2, 0) is 16.6 Å². The Balaban J connectivity index is 2.36. The fraction of sp³-hybridized carbons (Fsp3) is 0.375. The Morgan fingerprint density at radius 2 is 2.11 bits per heavy atom. The molecule has 2 aromatic rings. The Bertz CT molecular complexity index is 659. The molecule has 0 saturated heterocycles. The third-order valence-corrected chi connectivity index (χ3v) is 4.43. The highest BCUT2D eigenvalue weighted by atomic mass is 32.2. The molecule has 0 radical (unpaired) electrons. The van der Waals surface area contributed by atoms with E-state index in [1.807, 2.05) is 0 Å². The lowest BCUT2D eigenvalue weighted by Crippen LogP contribution is -2.16. The number of rotatable bonds is 4. The molecule has 0 unspecified atom stereocenters. The molecule has 0 saturated carbocycles. The summed E-state index contributed by atoms with van der Waals surface area (Å²) in [6.45, 7) is 3.54. The first-order valence-electron chi connectivity index (χ1n) is 5.01. The van der Waals surface area contributed by atoms with Gasteiger partial charge in [0.05, 0.1) is 0 Å². The first-order valence-corrected chi connectivity index (χ1v) is 7.31. The van der Waals surface area contributed by atoms with Crippen LogP contribution in [0.3, 0.4) is 0 Å². The molecule has 8 nitrogen and oxygen atoms in total. The van der Waals surface area contributed by atoms with E-state index in [0.29, 0.717) is 16.3 Å². The lowest BCUT2D eigenvalue weighted by Gasteiger charge is -2.03. The maximum Gasteiger partial charge on any atom is 0.283 e. The highest BCUT2D eigenvalue weighted by molar-refractivity contribution is 7.92. The molecule has 0 aromatic carbocycles. The van der Waals surface area contributed by atoms with Crippen LogP contribution in [0, 0.1) is 13.8 Å². The molecule has 10 heteroatoms. The van der Waals surface area contributed by atoms with E-state index in [1.54, 1.807) is 13.8 Å². The SMILES string of the molecule is Cc1nnc(NS(=O)(=O)c2n[nH]c(C)c2CN)s1. The van der Waals surface area contributed by atoms with Crippen molar-refractivity contribution >= 4 is 26.5 Å². The summed E-state index contributed by atoms with van der Waals surface area (Å²) < 4.78 is 26.5. The molecular formula is C8H12N6O2S2. The van der Waals surface area contributed by atoms with Crippen LogP contribution < -0.4 is 10.5 Å². The molecule has 2 rings (SSSR count). The summed E-state index contributed by atoms with van der Waals surface area (Å²) in [5, 5.41) is 14.6. The molecule has 2 heterocycles. The van der Waals surface area contributed by atoms with Gasteiger partial charge in [-0.1, -0.05) is 11.3 Å². The smallest absolute Gasteiger partial charge is 0.283 e. The predicted molar refractivity (Wildman–Crippen MR) is 66.7 cm³/mol. The number of aryl methyl sites for hydroxylation is 2. The Hall–Kier alpha value is -1.52. The van der Waals surface area contributed by atoms with Crippen LogP contribution >= 0.6 is 11.3 Å². The van der Waals surface area contributed by atoms with E-state index in [4.69, 9.17) is 5.73 Å². The fourth-order valence-corrected chi connectivity index (χ4v) is 3.43. The van der Waals surface area contributed by atoms with Crippen molar-refractivity contribution in [2.45, 2.75) is 25.4 Å². The van der Waals surface area contributed by atoms with E-state index in [2.05, 4.69) is 25.1 Å². The van der Waals surface area contributed by atoms with E-state index >= 15 is 0 Å². The van der Waals surface area contributed by atoms with E-state index in [0.717, 1.165) is 11.3 Å². The normalized spacial score (nSPS) is 11.7. The van der Waals surface area contributed by atoms with Gasteiger partial charge in [0.15, 0.2) is 0 Å². The van der Waals surface area contributed by atoms with Crippen molar-refractivity contribution in [3.8, 4) is 0 Å². The number of nitrogens with one attached hydrogen (secondary N) is 2. The second-order valence-electron chi connectivity index (χ2n) is 3.57. The first kappa shape index (κ1) is 12.9. The van der Waals surface area contributed by atoms with Gasteiger partial charge in [-0.05, 0) is 13.8 Å². The van der Waals surface area contributed by atoms with Gasteiger partial charge in [0.2, 0.25) is 10.2 Å². The monoisotopic (exact) mass is 288 g/mol. The standard InChI is InChI=1S/C8H12N6O2S2/c1-4-6(3-9)7(12-10-4)18(15,16)14-8-13-11-5(2)17-8/h3,9H2,1-2H3,(H,10,12)(H,13,14). The molecule has 4 N–H and O–H groups in total. The summed E-state index contributed by atoms with van der Waals surface area (Å²) in [7, 11) is -3.79. The van der Waals surface area contributed by atoms with Crippen LogP contribution in [0.4, 0.5) is 5.13 Å². The highest BCUT2D eigenvalue weighted by Crippen LogP contribution is 2.21. The second-order valence-corrected chi connectivity index (χ2v) is 6.35. The highest BCUT2D eigenvalue weighted by Gasteiger charge is 2.24. The lowest BCUT2D eigenvalue weighted by atomic mass is 10.3. The summed E-state index contributed by atoms with van der Waals surface area (Å²) in [6.07, 6.45) is 0. The van der Waals surface area contributed by atoms with Crippen LogP contribution in [0.5, 0.6) is 0 Å². The maximum absolute atomic E-state index is 12.1. The van der Waals surface area contributed by atoms with E-state index in [-0.39, 0.29) is 16.7 Å². The average molecular weight is 288 g/mol. The van der Waals surface area contributed by atoms with Crippen LogP contribution in [0.2, 0.25) is 0 Å². The first-order chi connectivity index (χ1) is 8.44. The minimum absolute atomic E-state index is 0.0910. The number of nitrogens with zero attached hydrogens (tertiary/aromatic N) is 3. The summed E-state index contributed by atoms with van der Waals surface area (Å²) in [5.74, 6) is 0. The second kappa shape index (κ2) is 4.63. The zero-order valence-electron chi connectivity index (χ0n) is 9.76. The third kappa shape index (κ3) is 2.35. The number of anilines is 1. The van der Waals surface area contributed by atoms with Crippen LogP contribution in [0.15, 0.2) is 5.03 Å². The molecule has 0 fully saturated rings. The molecule has 0 aliphatic rings. The van der Waals surface area contributed by atoms with Crippen molar-refractivity contribution in [1.82, 2.24) is 20.4 Å². The van der Waals surface area contributed by atoms with Crippen molar-refractivity contribution < 1.29 is 8.42 Å². The summed E-state index contributed by atoms with van der Waals surface area (Å²) in [5.41, 5.74) is 6.61. The topological polar surface area (TPSA) is 127 Å². The number of aromatic nitrogens is 4. The quantitative estimate of drug-likeness (QED) is 0.734. The number of nitrogens with two attached hydrogens (primary N) is 1. The maximum atomic E-state index is 12.1. The molecule has 98 valence electrons. The molecule has 2 aromatic heterocycles. The van der Waals surface area contributed by atoms with Crippen LogP contribution in [0.1, 0.15) is 16.3 Å². The van der Waals surface area contributed by atoms with E-state index in [1.165, 1.54) is 0 Å². The summed E-state index contributed by atoms with van der Waals surface area (Å²) in [6, 6.07) is 0. The van der Waals surface area contributed by atoms with Crippen molar-refractivity contribution in [2.24, 2.45) is 5.73 Å². The third-order valence-electron chi connectivity index (χ3n) is 2.24. The van der Waals surface area contributed by atoms with Gasteiger partial charge in [0.1, 0.15) is 5.01 Å². The number of hydrogen-bond acceptors (Lipinski definition) is 7. The number of H-pyrrole nitrogens is 1. The zero-order valence-corrected chi connectivity index (χ0v) is 11.4. The van der Waals surface area contributed by atoms with Crippen molar-refractivity contribution in [3.63, 3.8) is 0 Å². The van der Waals surface area contributed by atoms with E-state index in [9.17, 15) is 8.42 Å². The predicted octanol–water partition coefficient (Wildman–Crippen LogP) is 0.138. The van der Waals surface area contributed by atoms with Gasteiger partial charge >= 0.3 is 0 Å². The Labute approximate surface area is 108 Å². The lowest BCUT2D eigenvalue weighted by molar-refractivity contribution is 0.595. The van der Waals surface area contributed by atoms with Crippen molar-refractivity contribution in [2.75, 3.05) is 4.72 Å². The van der Waals surface area contributed by atoms with Gasteiger partial charge < -0.3 is 5.73 Å². The van der Waals surface area contributed by atoms with Gasteiger partial charge in [-0.3, -0.25) is 9.82 Å². The van der Waals surface area contributed by atoms with E-state index < -0.39 is 10.0 Å². The number of sulfonamides is 1. The molecule has 18 heavy (non-hydrogen) atoms. The zero-order chi connectivity index (χ0) is 13.3. The molecule has 0 spiro atoms. The Kier molecular flexibility index (Phi) is 3.32. The van der Waals surface area contributed by atoms with Gasteiger partial charge in [-0.2, -0.15) is 13.5 Å². The van der Waals surface area contributed by atoms with Gasteiger partial charge in [-0.15, -0.1) is 10.2 Å². The Morgan fingerprint density at radius 1 is 1.39 bits per heavy atom. The Morgan fingerprint density at radius 3 is 2.67 bits per heavy atom. The summed E-state index contributed by atoms with van der Waals surface area (Å²) >= 11 is 1.15. The molecule has 0 bridgehead atoms. The molecular weight excluding hydrogens is 276 g/mol. The molecule has 0 amide bonds. The van der Waals surface area contributed by atoms with Crippen molar-refractivity contribution in [1.29, 1.82) is 0 Å². The van der Waals surface area contributed by atoms with Crippen molar-refractivity contribution in [3.05, 3.63) is 16.3 Å². The van der Waals surface area contributed by atoms with Gasteiger partial charge in [-0.25, -0.2) is 0 Å². The largest absolute Gasteiger partial charge is 0.326 e. The van der Waals surface area contributed by atoms with Gasteiger partial charge in [0.25, 0.3) is 10.0 Å². The fourth-order valence-electron chi connectivity index (χ4n) is 1.39. The molecule has 0 atom stereocenters. The minimum Gasteiger partial charge on any atom is -0.326 e.